The van der Waals surface area contributed by atoms with E-state index in [-0.39, 0.29) is 17.2 Å². The summed E-state index contributed by atoms with van der Waals surface area (Å²) in [5.74, 6) is 0.548. The number of piperidine rings is 1. The number of hydrogen-bond donors (Lipinski definition) is 1. The maximum absolute atomic E-state index is 13.2. The van der Waals surface area contributed by atoms with Crippen molar-refractivity contribution in [3.05, 3.63) is 54.1 Å². The summed E-state index contributed by atoms with van der Waals surface area (Å²) in [6.07, 6.45) is 3.24. The highest BCUT2D eigenvalue weighted by atomic mass is 32.2. The number of nitrogens with zero attached hydrogens (tertiary/aromatic N) is 1. The van der Waals surface area contributed by atoms with Crippen molar-refractivity contribution in [2.45, 2.75) is 36.6 Å². The number of carbonyl (C=O) groups is 1. The van der Waals surface area contributed by atoms with E-state index < -0.39 is 16.1 Å². The fourth-order valence-corrected chi connectivity index (χ4v) is 4.81. The molecule has 1 N–H and O–H groups in total. The van der Waals surface area contributed by atoms with E-state index in [9.17, 15) is 13.2 Å². The summed E-state index contributed by atoms with van der Waals surface area (Å²) in [5, 5.41) is 0. The zero-order valence-electron chi connectivity index (χ0n) is 17.3. The minimum Gasteiger partial charge on any atom is -0.493 e. The lowest BCUT2D eigenvalue weighted by Crippen LogP contribution is -2.50. The number of benzene rings is 2. The van der Waals surface area contributed by atoms with E-state index in [1.165, 1.54) is 32.4 Å². The van der Waals surface area contributed by atoms with Crippen LogP contribution in [0, 0.1) is 0 Å². The Hall–Kier alpha value is -2.58. The van der Waals surface area contributed by atoms with Gasteiger partial charge in [-0.2, -0.15) is 4.72 Å². The van der Waals surface area contributed by atoms with Gasteiger partial charge in [-0.3, -0.25) is 4.79 Å². The van der Waals surface area contributed by atoms with Crippen molar-refractivity contribution < 1.29 is 22.7 Å². The number of nitrogens with one attached hydrogen (secondary N) is 1. The third kappa shape index (κ3) is 5.31. The van der Waals surface area contributed by atoms with Crippen LogP contribution >= 0.6 is 0 Å². The Bertz CT molecular complexity index is 957. The number of carbonyl (C=O) groups excluding carboxylic acids is 1. The lowest BCUT2D eigenvalue weighted by Gasteiger charge is -2.30. The molecule has 1 unspecified atom stereocenters. The normalized spacial score (nSPS) is 15.5. The molecule has 0 radical (unpaired) electrons. The van der Waals surface area contributed by atoms with E-state index in [1.807, 2.05) is 30.3 Å². The van der Waals surface area contributed by atoms with Crippen molar-refractivity contribution in [1.82, 2.24) is 9.62 Å². The largest absolute Gasteiger partial charge is 0.493 e. The van der Waals surface area contributed by atoms with Crippen molar-refractivity contribution in [2.24, 2.45) is 0 Å². The van der Waals surface area contributed by atoms with E-state index in [2.05, 4.69) is 4.72 Å². The van der Waals surface area contributed by atoms with Crippen LogP contribution in [0.1, 0.15) is 24.8 Å². The first-order chi connectivity index (χ1) is 14.4. The van der Waals surface area contributed by atoms with Crippen LogP contribution in [0.3, 0.4) is 0 Å². The maximum atomic E-state index is 13.2. The first-order valence-corrected chi connectivity index (χ1v) is 11.5. The summed E-state index contributed by atoms with van der Waals surface area (Å²) >= 11 is 0. The second-order valence-electron chi connectivity index (χ2n) is 7.27. The number of methoxy groups -OCH3 is 2. The van der Waals surface area contributed by atoms with E-state index in [0.29, 0.717) is 24.6 Å². The Labute approximate surface area is 178 Å². The van der Waals surface area contributed by atoms with Gasteiger partial charge in [0.15, 0.2) is 11.5 Å². The molecule has 0 aromatic heterocycles. The first kappa shape index (κ1) is 22.1. The summed E-state index contributed by atoms with van der Waals surface area (Å²) in [6.45, 7) is 1.31. The number of ether oxygens (including phenoxy) is 2. The fourth-order valence-electron chi connectivity index (χ4n) is 3.60. The monoisotopic (exact) mass is 432 g/mol. The Kier molecular flexibility index (Phi) is 7.33. The van der Waals surface area contributed by atoms with Gasteiger partial charge in [-0.1, -0.05) is 30.3 Å². The van der Waals surface area contributed by atoms with Gasteiger partial charge in [0.05, 0.1) is 19.1 Å². The molecule has 2 aromatic carbocycles. The molecule has 7 nitrogen and oxygen atoms in total. The number of sulfonamides is 1. The highest BCUT2D eigenvalue weighted by molar-refractivity contribution is 7.89. The highest BCUT2D eigenvalue weighted by Gasteiger charge is 2.30. The van der Waals surface area contributed by atoms with Crippen LogP contribution in [0.2, 0.25) is 0 Å². The molecule has 30 heavy (non-hydrogen) atoms. The van der Waals surface area contributed by atoms with Crippen LogP contribution in [-0.4, -0.2) is 52.6 Å². The van der Waals surface area contributed by atoms with Gasteiger partial charge in [-0.25, -0.2) is 8.42 Å². The molecule has 1 fully saturated rings. The Morgan fingerprint density at radius 2 is 1.67 bits per heavy atom. The SMILES string of the molecule is COc1ccc(S(=O)(=O)NC(Cc2ccccc2)C(=O)N2CCCCC2)cc1OC. The Morgan fingerprint density at radius 1 is 1.00 bits per heavy atom. The summed E-state index contributed by atoms with van der Waals surface area (Å²) in [7, 11) is -1.03. The molecular formula is C22H28N2O5S. The molecule has 1 saturated heterocycles. The summed E-state index contributed by atoms with van der Waals surface area (Å²) < 4.78 is 39.3. The van der Waals surface area contributed by atoms with Gasteiger partial charge in [0.1, 0.15) is 6.04 Å². The molecule has 1 heterocycles. The van der Waals surface area contributed by atoms with Gasteiger partial charge in [0.2, 0.25) is 15.9 Å². The van der Waals surface area contributed by atoms with Gasteiger partial charge in [-0.15, -0.1) is 0 Å². The molecule has 3 rings (SSSR count). The average molecular weight is 433 g/mol. The first-order valence-electron chi connectivity index (χ1n) is 10.0. The third-order valence-electron chi connectivity index (χ3n) is 5.21. The van der Waals surface area contributed by atoms with Crippen molar-refractivity contribution in [3.8, 4) is 11.5 Å². The minimum absolute atomic E-state index is 0.0182. The van der Waals surface area contributed by atoms with Crippen LogP contribution in [-0.2, 0) is 21.2 Å². The van der Waals surface area contributed by atoms with Gasteiger partial charge >= 0.3 is 0 Å². The van der Waals surface area contributed by atoms with Gasteiger partial charge in [0, 0.05) is 19.2 Å². The van der Waals surface area contributed by atoms with Gasteiger partial charge in [-0.05, 0) is 43.4 Å². The maximum Gasteiger partial charge on any atom is 0.241 e. The summed E-state index contributed by atoms with van der Waals surface area (Å²) in [4.78, 5) is 15.0. The van der Waals surface area contributed by atoms with Gasteiger partial charge in [0.25, 0.3) is 0 Å². The second kappa shape index (κ2) is 9.95. The molecule has 2 aromatic rings. The van der Waals surface area contributed by atoms with Crippen molar-refractivity contribution in [2.75, 3.05) is 27.3 Å². The van der Waals surface area contributed by atoms with Crippen molar-refractivity contribution in [1.29, 1.82) is 0 Å². The molecule has 1 aliphatic rings. The van der Waals surface area contributed by atoms with E-state index in [1.54, 1.807) is 4.90 Å². The van der Waals surface area contributed by atoms with E-state index in [0.717, 1.165) is 24.8 Å². The minimum atomic E-state index is -3.95. The molecule has 0 saturated carbocycles. The van der Waals surface area contributed by atoms with E-state index >= 15 is 0 Å². The van der Waals surface area contributed by atoms with Gasteiger partial charge < -0.3 is 14.4 Å². The third-order valence-corrected chi connectivity index (χ3v) is 6.68. The second-order valence-corrected chi connectivity index (χ2v) is 8.98. The lowest BCUT2D eigenvalue weighted by atomic mass is 10.0. The Balaban J connectivity index is 1.88. The van der Waals surface area contributed by atoms with Crippen LogP contribution in [0.15, 0.2) is 53.4 Å². The zero-order valence-corrected chi connectivity index (χ0v) is 18.2. The predicted octanol–water partition coefficient (Wildman–Crippen LogP) is 2.61. The van der Waals surface area contributed by atoms with Crippen molar-refractivity contribution >= 4 is 15.9 Å². The molecule has 0 bridgehead atoms. The number of likely N-dealkylation sites (tertiary alicyclic amines) is 1. The molecular weight excluding hydrogens is 404 g/mol. The van der Waals surface area contributed by atoms with Crippen LogP contribution in [0.5, 0.6) is 11.5 Å². The van der Waals surface area contributed by atoms with E-state index in [4.69, 9.17) is 9.47 Å². The number of amides is 1. The molecule has 1 amide bonds. The van der Waals surface area contributed by atoms with Crippen molar-refractivity contribution in [3.63, 3.8) is 0 Å². The molecule has 0 spiro atoms. The molecule has 1 atom stereocenters. The molecule has 8 heteroatoms. The fraction of sp³-hybridized carbons (Fsp3) is 0.409. The van der Waals surface area contributed by atoms with Crippen LogP contribution in [0.25, 0.3) is 0 Å². The van der Waals surface area contributed by atoms with Crippen LogP contribution in [0.4, 0.5) is 0 Å². The smallest absolute Gasteiger partial charge is 0.241 e. The Morgan fingerprint density at radius 3 is 2.30 bits per heavy atom. The summed E-state index contributed by atoms with van der Waals surface area (Å²) in [6, 6.07) is 12.9. The predicted molar refractivity (Wildman–Crippen MR) is 114 cm³/mol. The molecule has 0 aliphatic carbocycles. The molecule has 162 valence electrons. The topological polar surface area (TPSA) is 84.9 Å². The standard InChI is InChI=1S/C22H28N2O5S/c1-28-20-12-11-18(16-21(20)29-2)30(26,27)23-19(15-17-9-5-3-6-10-17)22(25)24-13-7-4-8-14-24/h3,5-6,9-12,16,19,23H,4,7-8,13-15H2,1-2H3. The highest BCUT2D eigenvalue weighted by Crippen LogP contribution is 2.29. The quantitative estimate of drug-likeness (QED) is 0.693. The number of rotatable bonds is 8. The zero-order chi connectivity index (χ0) is 21.6. The van der Waals surface area contributed by atoms with Crippen LogP contribution < -0.4 is 14.2 Å². The summed E-state index contributed by atoms with van der Waals surface area (Å²) in [5.41, 5.74) is 0.892. The molecule has 1 aliphatic heterocycles. The average Bonchev–Trinajstić information content (AvgIpc) is 2.78. The lowest BCUT2D eigenvalue weighted by molar-refractivity contribution is -0.133. The number of hydrogen-bond acceptors (Lipinski definition) is 5.